The molecule has 0 radical (unpaired) electrons. The van der Waals surface area contributed by atoms with Crippen LogP contribution in [0.5, 0.6) is 0 Å². The molecule has 0 aromatic heterocycles. The summed E-state index contributed by atoms with van der Waals surface area (Å²) < 4.78 is 32.0. The number of hydrogen-bond donors (Lipinski definition) is 0. The van der Waals surface area contributed by atoms with Crippen LogP contribution in [0, 0.1) is 11.6 Å². The van der Waals surface area contributed by atoms with Crippen molar-refractivity contribution in [3.8, 4) is 0 Å². The number of halogens is 2. The van der Waals surface area contributed by atoms with Gasteiger partial charge < -0.3 is 4.74 Å². The monoisotopic (exact) mass is 326 g/mol. The second-order valence-corrected chi connectivity index (χ2v) is 6.00. The van der Waals surface area contributed by atoms with Gasteiger partial charge >= 0.3 is 5.97 Å². The third kappa shape index (κ3) is 7.58. The first-order valence-electron chi connectivity index (χ1n) is 8.74. The van der Waals surface area contributed by atoms with Gasteiger partial charge in [0, 0.05) is 6.07 Å². The fourth-order valence-corrected chi connectivity index (χ4v) is 2.54. The molecule has 1 atom stereocenters. The Morgan fingerprint density at radius 3 is 2.30 bits per heavy atom. The molecule has 0 saturated carbocycles. The van der Waals surface area contributed by atoms with Crippen LogP contribution in [0.1, 0.15) is 82.0 Å². The van der Waals surface area contributed by atoms with E-state index >= 15 is 0 Å². The summed E-state index contributed by atoms with van der Waals surface area (Å²) in [6, 6.07) is 2.93. The SMILES string of the molecule is CCCCCCCC(CCCC)OC(=O)c1ccc(F)cc1F. The molecule has 1 rings (SSSR count). The summed E-state index contributed by atoms with van der Waals surface area (Å²) in [6.07, 6.45) is 9.14. The molecule has 0 aliphatic rings. The van der Waals surface area contributed by atoms with Gasteiger partial charge in [0.2, 0.25) is 0 Å². The van der Waals surface area contributed by atoms with Crippen LogP contribution in [0.15, 0.2) is 18.2 Å². The highest BCUT2D eigenvalue weighted by Crippen LogP contribution is 2.18. The van der Waals surface area contributed by atoms with Gasteiger partial charge in [0.25, 0.3) is 0 Å². The molecule has 4 heteroatoms. The molecule has 0 fully saturated rings. The van der Waals surface area contributed by atoms with Gasteiger partial charge in [-0.25, -0.2) is 13.6 Å². The lowest BCUT2D eigenvalue weighted by molar-refractivity contribution is 0.0245. The summed E-state index contributed by atoms with van der Waals surface area (Å²) >= 11 is 0. The van der Waals surface area contributed by atoms with Crippen molar-refractivity contribution in [2.75, 3.05) is 0 Å². The van der Waals surface area contributed by atoms with Gasteiger partial charge in [0.1, 0.15) is 17.7 Å². The number of hydrogen-bond acceptors (Lipinski definition) is 2. The Kier molecular flexibility index (Phi) is 9.49. The molecular formula is C19H28F2O2. The third-order valence-corrected chi connectivity index (χ3v) is 3.93. The van der Waals surface area contributed by atoms with E-state index in [9.17, 15) is 13.6 Å². The van der Waals surface area contributed by atoms with E-state index in [1.165, 1.54) is 19.3 Å². The summed E-state index contributed by atoms with van der Waals surface area (Å²) in [4.78, 5) is 12.1. The van der Waals surface area contributed by atoms with E-state index < -0.39 is 17.6 Å². The van der Waals surface area contributed by atoms with Crippen LogP contribution in [0.4, 0.5) is 8.78 Å². The van der Waals surface area contributed by atoms with Gasteiger partial charge in [-0.1, -0.05) is 52.4 Å². The molecule has 0 spiro atoms. The van der Waals surface area contributed by atoms with Crippen molar-refractivity contribution in [2.45, 2.75) is 77.7 Å². The minimum atomic E-state index is -0.868. The Balaban J connectivity index is 2.55. The molecule has 0 aliphatic heterocycles. The average Bonchev–Trinajstić information content (AvgIpc) is 2.51. The van der Waals surface area contributed by atoms with Crippen molar-refractivity contribution in [3.63, 3.8) is 0 Å². The normalized spacial score (nSPS) is 12.2. The van der Waals surface area contributed by atoms with Crippen molar-refractivity contribution >= 4 is 5.97 Å². The second kappa shape index (κ2) is 11.1. The van der Waals surface area contributed by atoms with E-state index in [1.54, 1.807) is 0 Å². The fraction of sp³-hybridized carbons (Fsp3) is 0.632. The van der Waals surface area contributed by atoms with Crippen molar-refractivity contribution in [1.29, 1.82) is 0 Å². The molecular weight excluding hydrogens is 298 g/mol. The topological polar surface area (TPSA) is 26.3 Å². The largest absolute Gasteiger partial charge is 0.459 e. The molecule has 0 heterocycles. The molecule has 0 saturated heterocycles. The van der Waals surface area contributed by atoms with E-state index in [4.69, 9.17) is 4.74 Å². The number of benzene rings is 1. The molecule has 130 valence electrons. The molecule has 0 N–H and O–H groups in total. The molecule has 1 aromatic rings. The van der Waals surface area contributed by atoms with Crippen LogP contribution >= 0.6 is 0 Å². The molecule has 0 amide bonds. The lowest BCUT2D eigenvalue weighted by atomic mass is 10.0. The maximum absolute atomic E-state index is 13.7. The summed E-state index contributed by atoms with van der Waals surface area (Å²) in [7, 11) is 0. The first-order chi connectivity index (χ1) is 11.1. The molecule has 1 aromatic carbocycles. The highest BCUT2D eigenvalue weighted by Gasteiger charge is 2.19. The van der Waals surface area contributed by atoms with E-state index in [-0.39, 0.29) is 11.7 Å². The van der Waals surface area contributed by atoms with E-state index in [2.05, 4.69) is 13.8 Å². The quantitative estimate of drug-likeness (QED) is 0.366. The molecule has 0 bridgehead atoms. The standard InChI is InChI=1S/C19H28F2O2/c1-3-5-7-8-9-11-16(10-6-4-2)23-19(22)17-13-12-15(20)14-18(17)21/h12-14,16H,3-11H2,1-2H3. The van der Waals surface area contributed by atoms with Crippen molar-refractivity contribution in [3.05, 3.63) is 35.4 Å². The first kappa shape index (κ1) is 19.6. The van der Waals surface area contributed by atoms with E-state index in [0.717, 1.165) is 50.7 Å². The lowest BCUT2D eigenvalue weighted by Gasteiger charge is -2.18. The number of unbranched alkanes of at least 4 members (excludes halogenated alkanes) is 5. The van der Waals surface area contributed by atoms with Gasteiger partial charge in [0.15, 0.2) is 0 Å². The predicted octanol–water partition coefficient (Wildman–Crippen LogP) is 6.04. The predicted molar refractivity (Wildman–Crippen MR) is 88.5 cm³/mol. The Morgan fingerprint density at radius 1 is 1.00 bits per heavy atom. The van der Waals surface area contributed by atoms with Crippen LogP contribution in [-0.2, 0) is 4.74 Å². The Morgan fingerprint density at radius 2 is 1.65 bits per heavy atom. The van der Waals surface area contributed by atoms with Crippen LogP contribution in [0.2, 0.25) is 0 Å². The van der Waals surface area contributed by atoms with Crippen LogP contribution in [0.25, 0.3) is 0 Å². The third-order valence-electron chi connectivity index (χ3n) is 3.93. The van der Waals surface area contributed by atoms with Crippen molar-refractivity contribution < 1.29 is 18.3 Å². The minimum absolute atomic E-state index is 0.187. The number of esters is 1. The maximum atomic E-state index is 13.7. The number of carbonyl (C=O) groups excluding carboxylic acids is 1. The maximum Gasteiger partial charge on any atom is 0.341 e. The zero-order valence-corrected chi connectivity index (χ0v) is 14.2. The van der Waals surface area contributed by atoms with Gasteiger partial charge in [-0.3, -0.25) is 0 Å². The van der Waals surface area contributed by atoms with Crippen molar-refractivity contribution in [2.24, 2.45) is 0 Å². The van der Waals surface area contributed by atoms with Crippen molar-refractivity contribution in [1.82, 2.24) is 0 Å². The van der Waals surface area contributed by atoms with E-state index in [0.29, 0.717) is 6.07 Å². The van der Waals surface area contributed by atoms with Crippen LogP contribution in [-0.4, -0.2) is 12.1 Å². The van der Waals surface area contributed by atoms with Gasteiger partial charge in [-0.2, -0.15) is 0 Å². The first-order valence-corrected chi connectivity index (χ1v) is 8.74. The summed E-state index contributed by atoms with van der Waals surface area (Å²) in [5, 5.41) is 0. The molecule has 23 heavy (non-hydrogen) atoms. The zero-order valence-electron chi connectivity index (χ0n) is 14.2. The van der Waals surface area contributed by atoms with Gasteiger partial charge in [-0.05, 0) is 31.4 Å². The Hall–Kier alpha value is -1.45. The van der Waals surface area contributed by atoms with Gasteiger partial charge in [0.05, 0.1) is 5.56 Å². The Labute approximate surface area is 138 Å². The summed E-state index contributed by atoms with van der Waals surface area (Å²) in [5.74, 6) is -2.26. The lowest BCUT2D eigenvalue weighted by Crippen LogP contribution is -2.19. The summed E-state index contributed by atoms with van der Waals surface area (Å²) in [5.41, 5.74) is -0.195. The zero-order chi connectivity index (χ0) is 17.1. The highest BCUT2D eigenvalue weighted by atomic mass is 19.1. The highest BCUT2D eigenvalue weighted by molar-refractivity contribution is 5.89. The average molecular weight is 326 g/mol. The fourth-order valence-electron chi connectivity index (χ4n) is 2.54. The number of rotatable bonds is 11. The summed E-state index contributed by atoms with van der Waals surface area (Å²) in [6.45, 7) is 4.25. The van der Waals surface area contributed by atoms with Gasteiger partial charge in [-0.15, -0.1) is 0 Å². The minimum Gasteiger partial charge on any atom is -0.459 e. The smallest absolute Gasteiger partial charge is 0.341 e. The number of carbonyl (C=O) groups is 1. The molecule has 2 nitrogen and oxygen atoms in total. The molecule has 0 aliphatic carbocycles. The molecule has 1 unspecified atom stereocenters. The van der Waals surface area contributed by atoms with E-state index in [1.807, 2.05) is 0 Å². The van der Waals surface area contributed by atoms with Crippen LogP contribution in [0.3, 0.4) is 0 Å². The Bertz CT molecular complexity index is 474. The number of ether oxygens (including phenoxy) is 1. The van der Waals surface area contributed by atoms with Crippen LogP contribution < -0.4 is 0 Å². The second-order valence-electron chi connectivity index (χ2n) is 6.00.